The van der Waals surface area contributed by atoms with Gasteiger partial charge in [-0.1, -0.05) is 76.8 Å². The van der Waals surface area contributed by atoms with Crippen molar-refractivity contribution in [2.75, 3.05) is 52.0 Å². The fourth-order valence-electron chi connectivity index (χ4n) is 3.06. The Morgan fingerprint density at radius 1 is 0.586 bits per heavy atom. The van der Waals surface area contributed by atoms with Crippen LogP contribution < -0.4 is 10.5 Å². The van der Waals surface area contributed by atoms with Gasteiger partial charge in [0.1, 0.15) is 12.4 Å². The normalized spacial score (nSPS) is 11.1. The molecule has 0 bridgehead atoms. The van der Waals surface area contributed by atoms with E-state index in [4.69, 9.17) is 24.7 Å². The number of rotatable bonds is 21. The minimum atomic E-state index is 0.482. The molecule has 5 heteroatoms. The molecule has 1 aromatic carbocycles. The number of unbranched alkanes of at least 4 members (excludes halogenated alkanes) is 9. The molecule has 1 aromatic rings. The zero-order valence-corrected chi connectivity index (χ0v) is 18.5. The first-order valence-electron chi connectivity index (χ1n) is 11.5. The zero-order chi connectivity index (χ0) is 20.8. The lowest BCUT2D eigenvalue weighted by atomic mass is 10.1. The third kappa shape index (κ3) is 16.2. The maximum atomic E-state index is 5.81. The molecule has 0 aliphatic carbocycles. The van der Waals surface area contributed by atoms with Crippen LogP contribution in [-0.2, 0) is 14.2 Å². The van der Waals surface area contributed by atoms with E-state index < -0.39 is 0 Å². The molecule has 0 atom stereocenters. The van der Waals surface area contributed by atoms with Crippen molar-refractivity contribution in [2.24, 2.45) is 0 Å². The van der Waals surface area contributed by atoms with Crippen molar-refractivity contribution in [3.63, 3.8) is 0 Å². The molecule has 0 saturated heterocycles. The summed E-state index contributed by atoms with van der Waals surface area (Å²) >= 11 is 0. The van der Waals surface area contributed by atoms with Crippen LogP contribution in [0.2, 0.25) is 0 Å². The van der Waals surface area contributed by atoms with E-state index in [1.807, 2.05) is 24.3 Å². The van der Waals surface area contributed by atoms with E-state index in [-0.39, 0.29) is 0 Å². The van der Waals surface area contributed by atoms with Gasteiger partial charge < -0.3 is 24.7 Å². The maximum absolute atomic E-state index is 5.81. The lowest BCUT2D eigenvalue weighted by molar-refractivity contribution is 0.00882. The minimum absolute atomic E-state index is 0.482. The van der Waals surface area contributed by atoms with Crippen LogP contribution in [0.25, 0.3) is 0 Å². The Morgan fingerprint density at radius 3 is 1.66 bits per heavy atom. The fourth-order valence-corrected chi connectivity index (χ4v) is 3.06. The highest BCUT2D eigenvalue weighted by atomic mass is 16.6. The molecule has 0 spiro atoms. The number of nitrogens with two attached hydrogens (primary N) is 1. The van der Waals surface area contributed by atoms with Gasteiger partial charge in [0.25, 0.3) is 0 Å². The van der Waals surface area contributed by atoms with E-state index in [0.29, 0.717) is 51.1 Å². The van der Waals surface area contributed by atoms with Crippen LogP contribution in [-0.4, -0.2) is 46.2 Å². The van der Waals surface area contributed by atoms with Gasteiger partial charge >= 0.3 is 0 Å². The van der Waals surface area contributed by atoms with Crippen LogP contribution in [0.4, 0.5) is 5.69 Å². The predicted octanol–water partition coefficient (Wildman–Crippen LogP) is 5.62. The number of nitrogen functional groups attached to an aromatic ring is 1. The lowest BCUT2D eigenvalue weighted by Gasteiger charge is -2.09. The summed E-state index contributed by atoms with van der Waals surface area (Å²) in [4.78, 5) is 0. The molecule has 0 radical (unpaired) electrons. The van der Waals surface area contributed by atoms with Gasteiger partial charge in [0.05, 0.1) is 38.7 Å². The molecule has 1 rings (SSSR count). The van der Waals surface area contributed by atoms with Crippen molar-refractivity contribution in [1.82, 2.24) is 0 Å². The van der Waals surface area contributed by atoms with E-state index in [9.17, 15) is 0 Å². The standard InChI is InChI=1S/C24H43NO4/c1-2-3-4-5-6-7-8-9-10-13-16-26-17-18-27-19-20-28-21-22-29-24-15-12-11-14-23(24)25/h11-12,14-15H,2-10,13,16-22,25H2,1H3. The molecule has 29 heavy (non-hydrogen) atoms. The van der Waals surface area contributed by atoms with Gasteiger partial charge in [-0.3, -0.25) is 0 Å². The summed E-state index contributed by atoms with van der Waals surface area (Å²) in [7, 11) is 0. The highest BCUT2D eigenvalue weighted by molar-refractivity contribution is 5.51. The summed E-state index contributed by atoms with van der Waals surface area (Å²) in [6, 6.07) is 7.46. The van der Waals surface area contributed by atoms with E-state index in [0.717, 1.165) is 13.0 Å². The van der Waals surface area contributed by atoms with Crippen LogP contribution in [0.15, 0.2) is 24.3 Å². The second-order valence-electron chi connectivity index (χ2n) is 7.41. The first-order chi connectivity index (χ1) is 14.3. The van der Waals surface area contributed by atoms with Crippen molar-refractivity contribution in [3.05, 3.63) is 24.3 Å². The summed E-state index contributed by atoms with van der Waals surface area (Å²) in [5.74, 6) is 0.701. The third-order valence-electron chi connectivity index (χ3n) is 4.79. The van der Waals surface area contributed by atoms with Gasteiger partial charge in [0, 0.05) is 6.61 Å². The van der Waals surface area contributed by atoms with Gasteiger partial charge in [0.2, 0.25) is 0 Å². The van der Waals surface area contributed by atoms with Crippen LogP contribution in [0.5, 0.6) is 5.75 Å². The number of ether oxygens (including phenoxy) is 4. The van der Waals surface area contributed by atoms with Gasteiger partial charge in [-0.15, -0.1) is 0 Å². The van der Waals surface area contributed by atoms with Crippen molar-refractivity contribution >= 4 is 5.69 Å². The summed E-state index contributed by atoms with van der Waals surface area (Å²) in [6.45, 7) is 6.54. The highest BCUT2D eigenvalue weighted by Gasteiger charge is 1.98. The Bertz CT molecular complexity index is 470. The smallest absolute Gasteiger partial charge is 0.142 e. The molecule has 0 saturated carbocycles. The van der Waals surface area contributed by atoms with Crippen molar-refractivity contribution in [1.29, 1.82) is 0 Å². The first-order valence-corrected chi connectivity index (χ1v) is 11.5. The molecular weight excluding hydrogens is 366 g/mol. The average molecular weight is 410 g/mol. The fraction of sp³-hybridized carbons (Fsp3) is 0.750. The van der Waals surface area contributed by atoms with E-state index >= 15 is 0 Å². The Morgan fingerprint density at radius 2 is 1.07 bits per heavy atom. The van der Waals surface area contributed by atoms with Gasteiger partial charge in [0.15, 0.2) is 0 Å². The van der Waals surface area contributed by atoms with Crippen molar-refractivity contribution < 1.29 is 18.9 Å². The number of benzene rings is 1. The van der Waals surface area contributed by atoms with E-state index in [1.54, 1.807) is 0 Å². The molecule has 168 valence electrons. The van der Waals surface area contributed by atoms with Gasteiger partial charge in [-0.2, -0.15) is 0 Å². The largest absolute Gasteiger partial charge is 0.489 e. The monoisotopic (exact) mass is 409 g/mol. The minimum Gasteiger partial charge on any atom is -0.489 e. The molecule has 2 N–H and O–H groups in total. The summed E-state index contributed by atoms with van der Waals surface area (Å²) in [5.41, 5.74) is 6.45. The molecule has 0 aliphatic rings. The molecule has 0 aliphatic heterocycles. The van der Waals surface area contributed by atoms with Crippen molar-refractivity contribution in [2.45, 2.75) is 71.1 Å². The predicted molar refractivity (Wildman–Crippen MR) is 121 cm³/mol. The molecule has 0 unspecified atom stereocenters. The van der Waals surface area contributed by atoms with Crippen molar-refractivity contribution in [3.8, 4) is 5.75 Å². The third-order valence-corrected chi connectivity index (χ3v) is 4.79. The SMILES string of the molecule is CCCCCCCCCCCCOCCOCCOCCOc1ccccc1N. The lowest BCUT2D eigenvalue weighted by Crippen LogP contribution is -2.13. The van der Waals surface area contributed by atoms with Gasteiger partial charge in [-0.25, -0.2) is 0 Å². The molecule has 5 nitrogen and oxygen atoms in total. The van der Waals surface area contributed by atoms with E-state index in [1.165, 1.54) is 57.8 Å². The molecule has 0 heterocycles. The second-order valence-corrected chi connectivity index (χ2v) is 7.41. The topological polar surface area (TPSA) is 62.9 Å². The zero-order valence-electron chi connectivity index (χ0n) is 18.5. The first kappa shape index (κ1) is 25.7. The van der Waals surface area contributed by atoms with Gasteiger partial charge in [-0.05, 0) is 18.6 Å². The average Bonchev–Trinajstić information content (AvgIpc) is 2.73. The second kappa shape index (κ2) is 20.0. The summed E-state index contributed by atoms with van der Waals surface area (Å²) in [5, 5.41) is 0. The van der Waals surface area contributed by atoms with Crippen LogP contribution in [0, 0.1) is 0 Å². The van der Waals surface area contributed by atoms with Crippen LogP contribution >= 0.6 is 0 Å². The van der Waals surface area contributed by atoms with Crippen LogP contribution in [0.3, 0.4) is 0 Å². The quantitative estimate of drug-likeness (QED) is 0.211. The summed E-state index contributed by atoms with van der Waals surface area (Å²) in [6.07, 6.45) is 13.5. The molecular formula is C24H43NO4. The summed E-state index contributed by atoms with van der Waals surface area (Å²) < 4.78 is 22.2. The molecule has 0 amide bonds. The number of hydrogen-bond donors (Lipinski definition) is 1. The van der Waals surface area contributed by atoms with Crippen LogP contribution in [0.1, 0.15) is 71.1 Å². The number of para-hydroxylation sites is 2. The number of hydrogen-bond acceptors (Lipinski definition) is 5. The highest BCUT2D eigenvalue weighted by Crippen LogP contribution is 2.19. The molecule has 0 aromatic heterocycles. The molecule has 0 fully saturated rings. The maximum Gasteiger partial charge on any atom is 0.142 e. The Kier molecular flexibility index (Phi) is 17.7. The Balaban J connectivity index is 1.70. The Hall–Kier alpha value is -1.30. The number of anilines is 1. The Labute approximate surface area is 178 Å². The van der Waals surface area contributed by atoms with E-state index in [2.05, 4.69) is 6.92 Å².